The molecule has 0 saturated heterocycles. The molecule has 0 aliphatic rings. The van der Waals surface area contributed by atoms with Gasteiger partial charge in [-0.25, -0.2) is 8.42 Å². The number of nitro benzene ring substituents is 2. The van der Waals surface area contributed by atoms with Gasteiger partial charge in [0.1, 0.15) is 19.7 Å². The quantitative estimate of drug-likeness (QED) is 0.171. The van der Waals surface area contributed by atoms with Gasteiger partial charge < -0.3 is 0 Å². The van der Waals surface area contributed by atoms with Crippen molar-refractivity contribution in [3.05, 3.63) is 62.5 Å². The zero-order chi connectivity index (χ0) is 24.0. The predicted molar refractivity (Wildman–Crippen MR) is 126 cm³/mol. The fourth-order valence-electron chi connectivity index (χ4n) is 2.55. The van der Waals surface area contributed by atoms with E-state index in [1.807, 2.05) is 0 Å². The van der Waals surface area contributed by atoms with Crippen molar-refractivity contribution in [1.82, 2.24) is 0 Å². The van der Waals surface area contributed by atoms with Crippen LogP contribution in [0.5, 0.6) is 0 Å². The van der Waals surface area contributed by atoms with Crippen LogP contribution in [0.4, 0.5) is 11.4 Å². The fraction of sp³-hybridized carbons (Fsp3) is 0.143. The average molecular weight is 701 g/mol. The molecule has 0 amide bonds. The van der Waals surface area contributed by atoms with Crippen LogP contribution in [-0.4, -0.2) is 18.3 Å². The molecule has 0 N–H and O–H groups in total. The molecule has 31 heavy (non-hydrogen) atoms. The molecule has 0 spiro atoms. The first-order chi connectivity index (χ1) is 14.1. The Morgan fingerprint density at radius 2 is 1.06 bits per heavy atom. The van der Waals surface area contributed by atoms with Crippen LogP contribution in [0.2, 0.25) is 10.0 Å². The minimum absolute atomic E-state index is 0.172. The number of sulfone groups is 1. The lowest BCUT2D eigenvalue weighted by atomic mass is 10.2. The van der Waals surface area contributed by atoms with Gasteiger partial charge >= 0.3 is 0 Å². The Balaban J connectivity index is 3.12. The third-order valence-corrected chi connectivity index (χ3v) is 8.95. The Bertz CT molecular complexity index is 1140. The van der Waals surface area contributed by atoms with Gasteiger partial charge in [-0.15, -0.1) is 0 Å². The first kappa shape index (κ1) is 27.1. The zero-order valence-corrected chi connectivity index (χ0v) is 22.6. The summed E-state index contributed by atoms with van der Waals surface area (Å²) in [4.78, 5) is 16.3. The van der Waals surface area contributed by atoms with Crippen LogP contribution >= 0.6 is 101 Å². The highest BCUT2D eigenvalue weighted by molar-refractivity contribution is 9.10. The van der Waals surface area contributed by atoms with Crippen LogP contribution in [-0.2, 0) is 9.84 Å². The first-order valence-corrected chi connectivity index (χ1v) is 12.9. The van der Waals surface area contributed by atoms with E-state index in [-0.39, 0.29) is 8.95 Å². The van der Waals surface area contributed by atoms with Crippen molar-refractivity contribution in [2.75, 3.05) is 0 Å². The Morgan fingerprint density at radius 3 is 1.29 bits per heavy atom. The molecule has 17 heteroatoms. The molecule has 0 saturated carbocycles. The highest BCUT2D eigenvalue weighted by Gasteiger charge is 2.39. The van der Waals surface area contributed by atoms with Crippen molar-refractivity contribution in [3.8, 4) is 0 Å². The molecule has 0 unspecified atom stereocenters. The number of hydrogen-bond acceptors (Lipinski definition) is 6. The van der Waals surface area contributed by atoms with Gasteiger partial charge in [-0.05, 0) is 44.0 Å². The van der Waals surface area contributed by atoms with Crippen LogP contribution in [0.1, 0.15) is 20.8 Å². The van der Waals surface area contributed by atoms with E-state index in [0.29, 0.717) is 0 Å². The maximum atomic E-state index is 13.6. The van der Waals surface area contributed by atoms with Gasteiger partial charge in [0.05, 0.1) is 30.8 Å². The molecule has 2 aromatic carbocycles. The van der Waals surface area contributed by atoms with Crippen molar-refractivity contribution in [2.24, 2.45) is 0 Å². The van der Waals surface area contributed by atoms with E-state index in [1.54, 1.807) is 0 Å². The second kappa shape index (κ2) is 10.0. The van der Waals surface area contributed by atoms with Crippen molar-refractivity contribution in [1.29, 1.82) is 0 Å². The molecule has 8 nitrogen and oxygen atoms in total. The summed E-state index contributed by atoms with van der Waals surface area (Å²) in [6.45, 7) is 0. The molecule has 0 radical (unpaired) electrons. The van der Waals surface area contributed by atoms with E-state index in [0.717, 1.165) is 12.1 Å². The molecule has 0 atom stereocenters. The molecule has 0 fully saturated rings. The van der Waals surface area contributed by atoms with Crippen molar-refractivity contribution in [2.45, 2.75) is 19.5 Å². The lowest BCUT2D eigenvalue weighted by molar-refractivity contribution is -0.385. The van der Waals surface area contributed by atoms with Crippen LogP contribution in [0, 0.1) is 20.2 Å². The molecule has 0 bridgehead atoms. The van der Waals surface area contributed by atoms with Crippen LogP contribution in [0.25, 0.3) is 0 Å². The summed E-state index contributed by atoms with van der Waals surface area (Å²) >= 11 is 41.2. The summed E-state index contributed by atoms with van der Waals surface area (Å²) in [7, 11) is -4.80. The molecule has 168 valence electrons. The van der Waals surface area contributed by atoms with Crippen LogP contribution < -0.4 is 0 Å². The normalized spacial score (nSPS) is 11.9. The number of nitro groups is 2. The van der Waals surface area contributed by atoms with Crippen molar-refractivity contribution >= 4 is 123 Å². The molecule has 0 aliphatic heterocycles. The van der Waals surface area contributed by atoms with Gasteiger partial charge in [0, 0.05) is 8.95 Å². The van der Waals surface area contributed by atoms with Crippen molar-refractivity contribution in [3.63, 3.8) is 0 Å². The van der Waals surface area contributed by atoms with E-state index in [9.17, 15) is 28.6 Å². The second-order valence-electron chi connectivity index (χ2n) is 5.48. The Morgan fingerprint density at radius 1 is 0.774 bits per heavy atom. The van der Waals surface area contributed by atoms with Gasteiger partial charge in [-0.2, -0.15) is 0 Å². The maximum absolute atomic E-state index is 13.6. The van der Waals surface area contributed by atoms with Crippen LogP contribution in [0.3, 0.4) is 0 Å². The predicted octanol–water partition coefficient (Wildman–Crippen LogP) is 8.12. The lowest BCUT2D eigenvalue weighted by Gasteiger charge is -2.17. The topological polar surface area (TPSA) is 120 Å². The molecule has 2 aromatic rings. The number of nitrogens with zero attached hydrogens (tertiary/aromatic N) is 2. The number of alkyl halides is 4. The van der Waals surface area contributed by atoms with E-state index in [1.165, 1.54) is 0 Å². The van der Waals surface area contributed by atoms with Gasteiger partial charge in [-0.1, -0.05) is 69.6 Å². The monoisotopic (exact) mass is 696 g/mol. The summed E-state index contributed by atoms with van der Waals surface area (Å²) in [6.07, 6.45) is 0. The molecular weight excluding hydrogens is 697 g/mol. The van der Waals surface area contributed by atoms with E-state index < -0.39 is 71.7 Å². The number of halogens is 8. The standard InChI is InChI=1S/C14H4Br2Cl6N2O6S/c15-3-1-5(7(13(19)20)11(9(3)17)23(25)26)31(29,30)6-2-4(16)10(18)12(24(27)28)8(6)14(21)22/h1-2,13-14H. The number of hydrogen-bond donors (Lipinski definition) is 0. The van der Waals surface area contributed by atoms with E-state index >= 15 is 0 Å². The Labute approximate surface area is 221 Å². The SMILES string of the molecule is O=[N+]([O-])c1c(Cl)c(Br)cc(S(=O)(=O)c2cc(Br)c(Cl)c([N+](=O)[O-])c2C(Cl)Cl)c1C(Cl)Cl. The summed E-state index contributed by atoms with van der Waals surface area (Å²) in [5.74, 6) is 0. The Kier molecular flexibility index (Phi) is 8.77. The second-order valence-corrected chi connectivity index (χ2v) is 12.0. The van der Waals surface area contributed by atoms with Gasteiger partial charge in [0.15, 0.2) is 0 Å². The van der Waals surface area contributed by atoms with Crippen molar-refractivity contribution < 1.29 is 18.3 Å². The first-order valence-electron chi connectivity index (χ1n) is 7.28. The molecular formula is C14H4Br2Cl6N2O6S. The molecule has 2 rings (SSSR count). The fourth-order valence-corrected chi connectivity index (χ4v) is 7.07. The van der Waals surface area contributed by atoms with Gasteiger partial charge in [0.2, 0.25) is 9.84 Å². The molecule has 0 heterocycles. The summed E-state index contributed by atoms with van der Waals surface area (Å²) < 4.78 is 26.8. The Hall–Kier alpha value is -0.110. The van der Waals surface area contributed by atoms with Crippen LogP contribution in [0.15, 0.2) is 30.9 Å². The third kappa shape index (κ3) is 5.04. The molecule has 0 aliphatic carbocycles. The zero-order valence-electron chi connectivity index (χ0n) is 14.1. The summed E-state index contributed by atoms with van der Waals surface area (Å²) in [6, 6.07) is 1.85. The largest absolute Gasteiger partial charge is 0.296 e. The highest BCUT2D eigenvalue weighted by Crippen LogP contribution is 2.50. The minimum Gasteiger partial charge on any atom is -0.258 e. The molecule has 0 aromatic heterocycles. The van der Waals surface area contributed by atoms with Gasteiger partial charge in [-0.3, -0.25) is 20.2 Å². The third-order valence-electron chi connectivity index (χ3n) is 3.77. The maximum Gasteiger partial charge on any atom is 0.296 e. The summed E-state index contributed by atoms with van der Waals surface area (Å²) in [5, 5.41) is 22.2. The highest BCUT2D eigenvalue weighted by atomic mass is 79.9. The van der Waals surface area contributed by atoms with E-state index in [2.05, 4.69) is 31.9 Å². The lowest BCUT2D eigenvalue weighted by Crippen LogP contribution is -2.13. The number of rotatable bonds is 6. The minimum atomic E-state index is -4.80. The smallest absolute Gasteiger partial charge is 0.258 e. The van der Waals surface area contributed by atoms with Gasteiger partial charge in [0.25, 0.3) is 11.4 Å². The average Bonchev–Trinajstić information content (AvgIpc) is 2.63. The van der Waals surface area contributed by atoms with E-state index in [4.69, 9.17) is 69.6 Å². The number of benzene rings is 2. The summed E-state index contributed by atoms with van der Waals surface area (Å²) in [5.41, 5.74) is -3.05.